The standard InChI is InChI=1S/6ClH.Ir/h6*1H;/q;;;;;;+6/p-6. The summed E-state index contributed by atoms with van der Waals surface area (Å²) < 4.78 is 0. The van der Waals surface area contributed by atoms with E-state index in [2.05, 4.69) is 0 Å². The van der Waals surface area contributed by atoms with E-state index in [1.807, 2.05) is 0 Å². The van der Waals surface area contributed by atoms with Gasteiger partial charge in [-0.3, -0.25) is 0 Å². The van der Waals surface area contributed by atoms with Gasteiger partial charge in [0.1, 0.15) is 0 Å². The van der Waals surface area contributed by atoms with Crippen LogP contribution in [0.2, 0.25) is 0 Å². The van der Waals surface area contributed by atoms with E-state index in [4.69, 9.17) is 57.5 Å². The van der Waals surface area contributed by atoms with Crippen LogP contribution in [0.3, 0.4) is 0 Å². The van der Waals surface area contributed by atoms with Crippen LogP contribution in [0, 0.1) is 0 Å². The molecule has 0 unspecified atom stereocenters. The third-order valence-corrected chi connectivity index (χ3v) is 0. The van der Waals surface area contributed by atoms with Gasteiger partial charge in [-0.1, -0.05) is 0 Å². The molecule has 51 valence electrons. The van der Waals surface area contributed by atoms with Crippen LogP contribution >= 0.6 is 57.5 Å². The summed E-state index contributed by atoms with van der Waals surface area (Å²) in [7, 11) is 30.3. The number of hydrogen-bond donors (Lipinski definition) is 0. The van der Waals surface area contributed by atoms with Gasteiger partial charge >= 0.3 is 64.3 Å². The summed E-state index contributed by atoms with van der Waals surface area (Å²) in [5, 5.41) is 0. The van der Waals surface area contributed by atoms with Crippen LogP contribution in [0.1, 0.15) is 0 Å². The van der Waals surface area contributed by atoms with Crippen molar-refractivity contribution < 1.29 is 6.81 Å². The average Bonchev–Trinajstić information content (AvgIpc) is 0.592. The van der Waals surface area contributed by atoms with Gasteiger partial charge in [-0.05, 0) is 0 Å². The zero-order chi connectivity index (χ0) is 6.41. The Kier molecular flexibility index (Phi) is 2.03. The van der Waals surface area contributed by atoms with Crippen molar-refractivity contribution in [3.8, 4) is 0 Å². The molecule has 0 aromatic rings. The molecule has 0 spiro atoms. The van der Waals surface area contributed by atoms with Crippen LogP contribution in [0.25, 0.3) is 0 Å². The molecule has 0 aromatic heterocycles. The molecule has 0 heterocycles. The van der Waals surface area contributed by atoms with E-state index in [1.54, 1.807) is 0 Å². The Labute approximate surface area is 63.5 Å². The van der Waals surface area contributed by atoms with Gasteiger partial charge in [0.2, 0.25) is 0 Å². The molecule has 0 saturated heterocycles. The number of halogens is 6. The Morgan fingerprint density at radius 1 is 0.571 bits per heavy atom. The molecule has 0 saturated carbocycles. The number of hydrogen-bond acceptors (Lipinski definition) is 0. The molecule has 0 N–H and O–H groups in total. The average molecular weight is 405 g/mol. The first-order chi connectivity index (χ1) is 2.45. The van der Waals surface area contributed by atoms with Crippen molar-refractivity contribution in [2.24, 2.45) is 0 Å². The SMILES string of the molecule is [Cl][Ir]([Cl])([Cl])([Cl])([Cl])[Cl]. The maximum absolute atomic E-state index is 5.33. The summed E-state index contributed by atoms with van der Waals surface area (Å²) in [6.45, 7) is -5.33. The Balaban J connectivity index is 4.43. The summed E-state index contributed by atoms with van der Waals surface area (Å²) in [5.41, 5.74) is 0. The molecule has 0 aliphatic rings. The quantitative estimate of drug-likeness (QED) is 0.569. The van der Waals surface area contributed by atoms with Crippen LogP contribution in [0.5, 0.6) is 0 Å². The van der Waals surface area contributed by atoms with Crippen molar-refractivity contribution in [2.75, 3.05) is 0 Å². The summed E-state index contributed by atoms with van der Waals surface area (Å²) in [5.74, 6) is 0. The van der Waals surface area contributed by atoms with Gasteiger partial charge in [-0.25, -0.2) is 0 Å². The van der Waals surface area contributed by atoms with Crippen LogP contribution in [0.4, 0.5) is 0 Å². The fourth-order valence-electron chi connectivity index (χ4n) is 0. The van der Waals surface area contributed by atoms with E-state index in [0.717, 1.165) is 0 Å². The van der Waals surface area contributed by atoms with Gasteiger partial charge in [0.05, 0.1) is 0 Å². The van der Waals surface area contributed by atoms with E-state index >= 15 is 0 Å². The first kappa shape index (κ1) is 9.39. The van der Waals surface area contributed by atoms with Crippen molar-refractivity contribution in [1.29, 1.82) is 0 Å². The maximum atomic E-state index is 5.06. The van der Waals surface area contributed by atoms with E-state index < -0.39 is 6.81 Å². The third-order valence-electron chi connectivity index (χ3n) is 0. The van der Waals surface area contributed by atoms with Gasteiger partial charge in [0.15, 0.2) is 0 Å². The molecular weight excluding hydrogens is 405 g/mol. The first-order valence-electron chi connectivity index (χ1n) is 0.756. The second-order valence-electron chi connectivity index (χ2n) is 0.714. The number of rotatable bonds is 0. The van der Waals surface area contributed by atoms with E-state index in [0.29, 0.717) is 0 Å². The molecule has 0 nitrogen and oxygen atoms in total. The monoisotopic (exact) mass is 403 g/mol. The summed E-state index contributed by atoms with van der Waals surface area (Å²) in [4.78, 5) is 0. The molecule has 0 aliphatic heterocycles. The molecule has 0 rings (SSSR count). The fourth-order valence-corrected chi connectivity index (χ4v) is 0. The van der Waals surface area contributed by atoms with Gasteiger partial charge in [0.25, 0.3) is 0 Å². The summed E-state index contributed by atoms with van der Waals surface area (Å²) in [6, 6.07) is 0. The third kappa shape index (κ3) is 60.0. The predicted molar refractivity (Wildman–Crippen MR) is 35.1 cm³/mol. The molecule has 0 aromatic carbocycles. The van der Waals surface area contributed by atoms with Crippen LogP contribution in [0.15, 0.2) is 0 Å². The van der Waals surface area contributed by atoms with Crippen LogP contribution < -0.4 is 0 Å². The molecule has 0 fully saturated rings. The molecule has 0 amide bonds. The summed E-state index contributed by atoms with van der Waals surface area (Å²) in [6.07, 6.45) is 0. The minimum atomic E-state index is -5.33. The van der Waals surface area contributed by atoms with E-state index in [1.165, 1.54) is 0 Å². The fraction of sp³-hybridized carbons (Fsp3) is 0. The Hall–Kier alpha value is 2.39. The molecule has 0 aliphatic carbocycles. The molecule has 0 bridgehead atoms. The first-order valence-corrected chi connectivity index (χ1v) is 18.6. The van der Waals surface area contributed by atoms with Gasteiger partial charge in [0, 0.05) is 0 Å². The van der Waals surface area contributed by atoms with Gasteiger partial charge < -0.3 is 0 Å². The van der Waals surface area contributed by atoms with Crippen molar-refractivity contribution in [3.05, 3.63) is 0 Å². The van der Waals surface area contributed by atoms with Crippen molar-refractivity contribution >= 4 is 57.5 Å². The van der Waals surface area contributed by atoms with Crippen molar-refractivity contribution in [1.82, 2.24) is 0 Å². The van der Waals surface area contributed by atoms with Crippen LogP contribution in [-0.4, -0.2) is 0 Å². The molecule has 0 radical (unpaired) electrons. The molecule has 0 atom stereocenters. The minimum absolute atomic E-state index is 5.06. The Morgan fingerprint density at radius 2 is 0.571 bits per heavy atom. The van der Waals surface area contributed by atoms with Crippen molar-refractivity contribution in [3.63, 3.8) is 0 Å². The second kappa shape index (κ2) is 1.51. The van der Waals surface area contributed by atoms with Gasteiger partial charge in [-0.15, -0.1) is 0 Å². The van der Waals surface area contributed by atoms with Crippen LogP contribution in [-0.2, 0) is 6.81 Å². The molecule has 7 heteroatoms. The topological polar surface area (TPSA) is 0 Å². The van der Waals surface area contributed by atoms with E-state index in [-0.39, 0.29) is 0 Å². The summed E-state index contributed by atoms with van der Waals surface area (Å²) >= 11 is 0. The molecule has 7 heavy (non-hydrogen) atoms. The zero-order valence-electron chi connectivity index (χ0n) is 2.60. The molecular formula is Cl6Ir. The van der Waals surface area contributed by atoms with Gasteiger partial charge in [-0.2, -0.15) is 0 Å². The van der Waals surface area contributed by atoms with E-state index in [9.17, 15) is 0 Å². The zero-order valence-corrected chi connectivity index (χ0v) is 9.53. The van der Waals surface area contributed by atoms with Crippen molar-refractivity contribution in [2.45, 2.75) is 0 Å². The normalized spacial score (nSPS) is 23.1. The second-order valence-corrected chi connectivity index (χ2v) is 52.6. The Morgan fingerprint density at radius 3 is 0.571 bits per heavy atom. The predicted octanol–water partition coefficient (Wildman–Crippen LogP) is 4.13. The Bertz CT molecular complexity index is 62.7.